The van der Waals surface area contributed by atoms with Crippen LogP contribution in [0, 0.1) is 16.7 Å². The van der Waals surface area contributed by atoms with E-state index in [9.17, 15) is 31.2 Å². The van der Waals surface area contributed by atoms with Crippen molar-refractivity contribution < 1.29 is 25.9 Å². The third-order valence-corrected chi connectivity index (χ3v) is 9.75. The number of rotatable bonds is 7. The van der Waals surface area contributed by atoms with Crippen LogP contribution >= 0.6 is 0 Å². The topological polar surface area (TPSA) is 148 Å². The molecule has 242 valence electrons. The molecule has 1 aromatic carbocycles. The van der Waals surface area contributed by atoms with E-state index in [1.165, 1.54) is 0 Å². The first-order chi connectivity index (χ1) is 20.5. The molecule has 1 aliphatic heterocycles. The number of nitrogens with zero attached hydrogens (tertiary/aromatic N) is 3. The molecule has 0 bridgehead atoms. The van der Waals surface area contributed by atoms with Crippen molar-refractivity contribution in [3.05, 3.63) is 75.4 Å². The van der Waals surface area contributed by atoms with Crippen molar-refractivity contribution in [3.63, 3.8) is 0 Å². The summed E-state index contributed by atoms with van der Waals surface area (Å²) in [7, 11) is -8.75. The van der Waals surface area contributed by atoms with Crippen molar-refractivity contribution in [2.45, 2.75) is 73.3 Å². The zero-order valence-corrected chi connectivity index (χ0v) is 29.1. The van der Waals surface area contributed by atoms with Crippen molar-refractivity contribution in [3.8, 4) is 6.07 Å². The van der Waals surface area contributed by atoms with Gasteiger partial charge in [-0.25, -0.2) is 0 Å². The molecular formula is C34H43N3O6S2. The minimum absolute atomic E-state index is 0.354. The summed E-state index contributed by atoms with van der Waals surface area (Å²) in [6, 6.07) is 6.25. The van der Waals surface area contributed by atoms with Gasteiger partial charge in [-0.05, 0) is 90.8 Å². The Morgan fingerprint density at radius 3 is 2.18 bits per heavy atom. The first-order valence-electron chi connectivity index (χ1n) is 15.0. The van der Waals surface area contributed by atoms with Gasteiger partial charge in [-0.15, -0.1) is 0 Å². The highest BCUT2D eigenvalue weighted by Gasteiger charge is 2.42. The van der Waals surface area contributed by atoms with Crippen LogP contribution in [-0.2, 0) is 25.7 Å². The van der Waals surface area contributed by atoms with E-state index in [1.54, 1.807) is 12.2 Å². The Labute approximate surface area is 267 Å². The second-order valence-electron chi connectivity index (χ2n) is 14.0. The maximum Gasteiger partial charge on any atom is 0.269 e. The van der Waals surface area contributed by atoms with E-state index in [-0.39, 0.29) is 0 Å². The average Bonchev–Trinajstić information content (AvgIpc) is 2.85. The monoisotopic (exact) mass is 653 g/mol. The van der Waals surface area contributed by atoms with Gasteiger partial charge in [0.2, 0.25) is 0 Å². The predicted octanol–water partition coefficient (Wildman–Crippen LogP) is 6.33. The fraction of sp³-hybridized carbons (Fsp3) is 0.471. The Kier molecular flexibility index (Phi) is 8.83. The normalized spacial score (nSPS) is 20.5. The van der Waals surface area contributed by atoms with Crippen molar-refractivity contribution in [2.75, 3.05) is 29.5 Å². The Morgan fingerprint density at radius 2 is 1.67 bits per heavy atom. The summed E-state index contributed by atoms with van der Waals surface area (Å²) in [6.07, 6.45) is 7.36. The van der Waals surface area contributed by atoms with Gasteiger partial charge in [-0.3, -0.25) is 14.1 Å². The number of hydrogen-bond acceptors (Lipinski definition) is 7. The summed E-state index contributed by atoms with van der Waals surface area (Å²) in [4.78, 5) is 6.90. The number of aliphatic imine (C=N–C) groups is 1. The van der Waals surface area contributed by atoms with E-state index < -0.39 is 48.1 Å². The minimum Gasteiger partial charge on any atom is -0.363 e. The highest BCUT2D eigenvalue weighted by atomic mass is 32.2. The lowest BCUT2D eigenvalue weighted by Crippen LogP contribution is -2.45. The average molecular weight is 654 g/mol. The van der Waals surface area contributed by atoms with Crippen molar-refractivity contribution >= 4 is 42.8 Å². The molecule has 0 fully saturated rings. The van der Waals surface area contributed by atoms with Gasteiger partial charge in [0.25, 0.3) is 20.2 Å². The molecule has 0 spiro atoms. The smallest absolute Gasteiger partial charge is 0.269 e. The molecule has 45 heavy (non-hydrogen) atoms. The SMILES string of the molecule is CC/N=C1\C=C2C(=C(C#N)c3cc4c(cc3C2(C)C)N(CC)C(C)(C)C=C4CS(=O)(=O)O)C=C1/C(=C\C(C)(C)C)CS(=O)(=O)O. The lowest BCUT2D eigenvalue weighted by molar-refractivity contribution is 0.483. The molecular weight excluding hydrogens is 611 g/mol. The van der Waals surface area contributed by atoms with Crippen LogP contribution < -0.4 is 4.90 Å². The van der Waals surface area contributed by atoms with Gasteiger partial charge in [-0.2, -0.15) is 22.1 Å². The Hall–Kier alpha value is -3.30. The van der Waals surface area contributed by atoms with Crippen LogP contribution in [0.2, 0.25) is 0 Å². The number of benzene rings is 1. The third kappa shape index (κ3) is 6.94. The molecule has 2 aliphatic carbocycles. The molecule has 9 nitrogen and oxygen atoms in total. The second kappa shape index (κ2) is 11.5. The van der Waals surface area contributed by atoms with E-state index in [4.69, 9.17) is 4.99 Å². The molecule has 0 saturated heterocycles. The van der Waals surface area contributed by atoms with E-state index in [2.05, 4.69) is 24.8 Å². The molecule has 4 rings (SSSR count). The molecule has 2 N–H and O–H groups in total. The quantitative estimate of drug-likeness (QED) is 0.324. The standard InChI is InChI=1S/C34H43N3O6S2/c1-10-36-30-14-28-25(12-23(30)21(16-32(3,4)5)19-44(38,39)40)27(18-35)26-13-24-22(20-45(41,42)43)17-33(6,7)37(11-2)31(24)15-29(26)34(28,8)9/h12-17H,10-11,19-20H2,1-9H3,(H,38,39,40)(H,41,42,43)/b21-16-,36-30+. The zero-order chi connectivity index (χ0) is 33.9. The molecule has 0 atom stereocenters. The van der Waals surface area contributed by atoms with Crippen LogP contribution in [0.15, 0.2) is 63.7 Å². The van der Waals surface area contributed by atoms with Gasteiger partial charge in [-0.1, -0.05) is 46.8 Å². The highest BCUT2D eigenvalue weighted by molar-refractivity contribution is 7.86. The molecule has 11 heteroatoms. The molecule has 3 aliphatic rings. The van der Waals surface area contributed by atoms with Crippen molar-refractivity contribution in [1.29, 1.82) is 5.26 Å². The van der Waals surface area contributed by atoms with Crippen LogP contribution in [0.5, 0.6) is 0 Å². The summed E-state index contributed by atoms with van der Waals surface area (Å²) in [5.41, 5.74) is 5.06. The van der Waals surface area contributed by atoms with Gasteiger partial charge >= 0.3 is 0 Å². The minimum atomic E-state index is -4.40. The number of fused-ring (bicyclic) bond motifs is 3. The van der Waals surface area contributed by atoms with Crippen LogP contribution in [0.25, 0.3) is 11.1 Å². The summed E-state index contributed by atoms with van der Waals surface area (Å²) in [6.45, 7) is 18.9. The number of hydrogen-bond donors (Lipinski definition) is 2. The molecule has 0 unspecified atom stereocenters. The number of likely N-dealkylation sites (N-methyl/N-ethyl adjacent to an activating group) is 1. The van der Waals surface area contributed by atoms with Crippen LogP contribution in [0.4, 0.5) is 5.69 Å². The summed E-state index contributed by atoms with van der Waals surface area (Å²) >= 11 is 0. The predicted molar refractivity (Wildman–Crippen MR) is 182 cm³/mol. The van der Waals surface area contributed by atoms with Gasteiger partial charge in [0, 0.05) is 35.3 Å². The molecule has 0 amide bonds. The largest absolute Gasteiger partial charge is 0.363 e. The zero-order valence-electron chi connectivity index (χ0n) is 27.5. The van der Waals surface area contributed by atoms with Gasteiger partial charge in [0.15, 0.2) is 0 Å². The first kappa shape index (κ1) is 34.6. The van der Waals surface area contributed by atoms with Crippen molar-refractivity contribution in [1.82, 2.24) is 0 Å². The molecule has 0 saturated carbocycles. The van der Waals surface area contributed by atoms with Gasteiger partial charge in [0.05, 0.1) is 16.8 Å². The van der Waals surface area contributed by atoms with E-state index >= 15 is 0 Å². The van der Waals surface area contributed by atoms with Crippen molar-refractivity contribution in [2.24, 2.45) is 10.4 Å². The highest BCUT2D eigenvalue weighted by Crippen LogP contribution is 2.52. The Balaban J connectivity index is 2.11. The van der Waals surface area contributed by atoms with Gasteiger partial charge < -0.3 is 4.90 Å². The van der Waals surface area contributed by atoms with Crippen LogP contribution in [-0.4, -0.2) is 61.8 Å². The third-order valence-electron chi connectivity index (χ3n) is 8.40. The van der Waals surface area contributed by atoms with E-state index in [0.717, 1.165) is 16.8 Å². The maximum atomic E-state index is 12.2. The van der Waals surface area contributed by atoms with E-state index in [0.29, 0.717) is 57.8 Å². The van der Waals surface area contributed by atoms with Gasteiger partial charge in [0.1, 0.15) is 17.6 Å². The molecule has 1 aromatic rings. The number of allylic oxidation sites excluding steroid dienone is 7. The van der Waals surface area contributed by atoms with E-state index in [1.807, 2.05) is 72.8 Å². The Morgan fingerprint density at radius 1 is 1.02 bits per heavy atom. The number of nitriles is 1. The second-order valence-corrected chi connectivity index (χ2v) is 16.9. The fourth-order valence-corrected chi connectivity index (χ4v) is 8.04. The Bertz CT molecular complexity index is 1910. The summed E-state index contributed by atoms with van der Waals surface area (Å²) in [5, 5.41) is 10.6. The number of anilines is 1. The van der Waals surface area contributed by atoms with Crippen LogP contribution in [0.1, 0.15) is 79.0 Å². The lowest BCUT2D eigenvalue weighted by Gasteiger charge is -2.45. The molecule has 1 heterocycles. The lowest BCUT2D eigenvalue weighted by atomic mass is 9.63. The summed E-state index contributed by atoms with van der Waals surface area (Å²) < 4.78 is 68.3. The molecule has 0 aromatic heterocycles. The maximum absolute atomic E-state index is 12.2. The summed E-state index contributed by atoms with van der Waals surface area (Å²) in [5.74, 6) is -1.18. The fourth-order valence-electron chi connectivity index (χ4n) is 6.78. The molecule has 0 radical (unpaired) electrons. The first-order valence-corrected chi connectivity index (χ1v) is 18.2. The van der Waals surface area contributed by atoms with Crippen LogP contribution in [0.3, 0.4) is 0 Å².